The minimum absolute atomic E-state index is 0.0112. The van der Waals surface area contributed by atoms with Crippen LogP contribution >= 0.6 is 0 Å². The van der Waals surface area contributed by atoms with Crippen LogP contribution in [0.4, 0.5) is 18.9 Å². The Kier molecular flexibility index (Phi) is 2.67. The SMILES string of the molecule is CC1COc2c(ccc3[nH]c(=O)cc(C(F)(F)F)c23)N1. The number of halogens is 3. The molecule has 1 aromatic carbocycles. The van der Waals surface area contributed by atoms with Gasteiger partial charge < -0.3 is 15.0 Å². The number of rotatable bonds is 0. The Balaban J connectivity index is 2.38. The molecule has 0 saturated carbocycles. The van der Waals surface area contributed by atoms with Gasteiger partial charge in [-0.15, -0.1) is 0 Å². The number of nitrogens with one attached hydrogen (secondary N) is 2. The van der Waals surface area contributed by atoms with Crippen LogP contribution in [0.2, 0.25) is 0 Å². The first-order chi connectivity index (χ1) is 9.36. The Morgan fingerprint density at radius 2 is 2.10 bits per heavy atom. The Hall–Kier alpha value is -2.18. The van der Waals surface area contributed by atoms with Crippen molar-refractivity contribution in [3.63, 3.8) is 0 Å². The number of ether oxygens (including phenoxy) is 1. The average molecular weight is 284 g/mol. The van der Waals surface area contributed by atoms with Crippen LogP contribution in [-0.4, -0.2) is 17.6 Å². The molecule has 2 heterocycles. The summed E-state index contributed by atoms with van der Waals surface area (Å²) in [7, 11) is 0. The van der Waals surface area contributed by atoms with Gasteiger partial charge in [-0.3, -0.25) is 4.79 Å². The number of benzene rings is 1. The summed E-state index contributed by atoms with van der Waals surface area (Å²) in [4.78, 5) is 13.8. The predicted octanol–water partition coefficient (Wildman–Crippen LogP) is 2.74. The fourth-order valence-electron chi connectivity index (χ4n) is 2.33. The van der Waals surface area contributed by atoms with Gasteiger partial charge in [-0.1, -0.05) is 0 Å². The number of aromatic nitrogens is 1. The number of hydrogen-bond acceptors (Lipinski definition) is 3. The van der Waals surface area contributed by atoms with Gasteiger partial charge in [0.25, 0.3) is 0 Å². The van der Waals surface area contributed by atoms with E-state index in [2.05, 4.69) is 10.3 Å². The van der Waals surface area contributed by atoms with E-state index in [9.17, 15) is 18.0 Å². The molecule has 0 bridgehead atoms. The largest absolute Gasteiger partial charge is 0.489 e. The zero-order valence-electron chi connectivity index (χ0n) is 10.5. The molecule has 1 aliphatic rings. The van der Waals surface area contributed by atoms with E-state index < -0.39 is 17.3 Å². The lowest BCUT2D eigenvalue weighted by Gasteiger charge is -2.26. The van der Waals surface area contributed by atoms with Crippen molar-refractivity contribution in [1.82, 2.24) is 4.98 Å². The third kappa shape index (κ3) is 1.99. The van der Waals surface area contributed by atoms with E-state index in [0.717, 1.165) is 0 Å². The summed E-state index contributed by atoms with van der Waals surface area (Å²) in [5.74, 6) is 0.129. The lowest BCUT2D eigenvalue weighted by Crippen LogP contribution is -2.28. The maximum atomic E-state index is 13.1. The highest BCUT2D eigenvalue weighted by atomic mass is 19.4. The van der Waals surface area contributed by atoms with Crippen molar-refractivity contribution in [1.29, 1.82) is 0 Å². The predicted molar refractivity (Wildman–Crippen MR) is 68.2 cm³/mol. The molecule has 0 fully saturated rings. The third-order valence-electron chi connectivity index (χ3n) is 3.15. The van der Waals surface area contributed by atoms with Gasteiger partial charge >= 0.3 is 6.18 Å². The molecule has 1 aromatic heterocycles. The first-order valence-corrected chi connectivity index (χ1v) is 6.03. The van der Waals surface area contributed by atoms with Gasteiger partial charge in [0.05, 0.1) is 28.2 Å². The second-order valence-electron chi connectivity index (χ2n) is 4.77. The van der Waals surface area contributed by atoms with Crippen molar-refractivity contribution in [3.05, 3.63) is 34.1 Å². The fourth-order valence-corrected chi connectivity index (χ4v) is 2.33. The Morgan fingerprint density at radius 1 is 1.35 bits per heavy atom. The van der Waals surface area contributed by atoms with E-state index in [1.54, 1.807) is 6.07 Å². The van der Waals surface area contributed by atoms with Crippen molar-refractivity contribution < 1.29 is 17.9 Å². The number of H-pyrrole nitrogens is 1. The summed E-state index contributed by atoms with van der Waals surface area (Å²) >= 11 is 0. The third-order valence-corrected chi connectivity index (χ3v) is 3.15. The Bertz CT molecular complexity index is 737. The first kappa shape index (κ1) is 12.8. The normalized spacial score (nSPS) is 18.3. The molecule has 0 aliphatic carbocycles. The lowest BCUT2D eigenvalue weighted by molar-refractivity contribution is -0.136. The molecule has 0 radical (unpaired) electrons. The van der Waals surface area contributed by atoms with Crippen LogP contribution in [0.3, 0.4) is 0 Å². The monoisotopic (exact) mass is 284 g/mol. The molecular weight excluding hydrogens is 273 g/mol. The lowest BCUT2D eigenvalue weighted by atomic mass is 10.0. The van der Waals surface area contributed by atoms with Crippen LogP contribution in [0.5, 0.6) is 5.75 Å². The second kappa shape index (κ2) is 4.16. The molecule has 1 aliphatic heterocycles. The van der Waals surface area contributed by atoms with Crippen LogP contribution in [-0.2, 0) is 6.18 Å². The van der Waals surface area contributed by atoms with Crippen LogP contribution < -0.4 is 15.6 Å². The van der Waals surface area contributed by atoms with Gasteiger partial charge in [-0.2, -0.15) is 13.2 Å². The minimum Gasteiger partial charge on any atom is -0.489 e. The molecule has 0 saturated heterocycles. The number of alkyl halides is 3. The van der Waals surface area contributed by atoms with E-state index in [4.69, 9.17) is 4.74 Å². The molecule has 4 nitrogen and oxygen atoms in total. The molecule has 0 amide bonds. The molecule has 0 spiro atoms. The summed E-state index contributed by atoms with van der Waals surface area (Å²) in [6, 6.07) is 3.61. The standard InChI is InChI=1S/C13H11F3N2O2/c1-6-5-20-12-9(17-6)3-2-8-11(12)7(13(14,15)16)4-10(19)18-8/h2-4,6,17H,5H2,1H3,(H,18,19). The van der Waals surface area contributed by atoms with E-state index in [1.807, 2.05) is 6.92 Å². The summed E-state index contributed by atoms with van der Waals surface area (Å²) in [6.07, 6.45) is -4.62. The van der Waals surface area contributed by atoms with Crippen LogP contribution in [0.15, 0.2) is 23.0 Å². The highest BCUT2D eigenvalue weighted by Crippen LogP contribution is 2.42. The van der Waals surface area contributed by atoms with Crippen molar-refractivity contribution in [2.24, 2.45) is 0 Å². The second-order valence-corrected chi connectivity index (χ2v) is 4.77. The zero-order valence-corrected chi connectivity index (χ0v) is 10.5. The van der Waals surface area contributed by atoms with Crippen molar-refractivity contribution >= 4 is 16.6 Å². The topological polar surface area (TPSA) is 54.1 Å². The minimum atomic E-state index is -4.62. The molecular formula is C13H11F3N2O2. The fraction of sp³-hybridized carbons (Fsp3) is 0.308. The van der Waals surface area contributed by atoms with Crippen molar-refractivity contribution in [2.45, 2.75) is 19.1 Å². The number of aromatic amines is 1. The van der Waals surface area contributed by atoms with Crippen LogP contribution in [0.1, 0.15) is 12.5 Å². The summed E-state index contributed by atoms with van der Waals surface area (Å²) in [5, 5.41) is 2.94. The Labute approximate surface area is 111 Å². The molecule has 2 aromatic rings. The summed E-state index contributed by atoms with van der Waals surface area (Å²) in [6.45, 7) is 2.13. The van der Waals surface area contributed by atoms with E-state index in [0.29, 0.717) is 11.8 Å². The number of hydrogen-bond donors (Lipinski definition) is 2. The molecule has 2 N–H and O–H groups in total. The van der Waals surface area contributed by atoms with Crippen LogP contribution in [0, 0.1) is 0 Å². The molecule has 3 rings (SSSR count). The molecule has 106 valence electrons. The first-order valence-electron chi connectivity index (χ1n) is 6.03. The number of fused-ring (bicyclic) bond motifs is 3. The average Bonchev–Trinajstić information content (AvgIpc) is 2.36. The van der Waals surface area contributed by atoms with Gasteiger partial charge in [-0.25, -0.2) is 0 Å². The quantitative estimate of drug-likeness (QED) is 0.782. The van der Waals surface area contributed by atoms with Crippen molar-refractivity contribution in [3.8, 4) is 5.75 Å². The highest BCUT2D eigenvalue weighted by molar-refractivity contribution is 5.94. The van der Waals surface area contributed by atoms with Gasteiger partial charge in [0.1, 0.15) is 6.61 Å². The highest BCUT2D eigenvalue weighted by Gasteiger charge is 2.35. The van der Waals surface area contributed by atoms with Gasteiger partial charge in [0.2, 0.25) is 5.56 Å². The zero-order chi connectivity index (χ0) is 14.5. The number of pyridine rings is 1. The van der Waals surface area contributed by atoms with E-state index >= 15 is 0 Å². The van der Waals surface area contributed by atoms with Crippen LogP contribution in [0.25, 0.3) is 10.9 Å². The van der Waals surface area contributed by atoms with E-state index in [1.165, 1.54) is 6.07 Å². The molecule has 1 unspecified atom stereocenters. The molecule has 7 heteroatoms. The Morgan fingerprint density at radius 3 is 2.80 bits per heavy atom. The van der Waals surface area contributed by atoms with Gasteiger partial charge in [-0.05, 0) is 19.1 Å². The molecule has 20 heavy (non-hydrogen) atoms. The van der Waals surface area contributed by atoms with E-state index in [-0.39, 0.29) is 29.3 Å². The molecule has 1 atom stereocenters. The summed E-state index contributed by atoms with van der Waals surface area (Å²) < 4.78 is 44.8. The summed E-state index contributed by atoms with van der Waals surface area (Å²) in [5.41, 5.74) is -1.17. The smallest absolute Gasteiger partial charge is 0.417 e. The number of anilines is 1. The van der Waals surface area contributed by atoms with Gasteiger partial charge in [0.15, 0.2) is 5.75 Å². The van der Waals surface area contributed by atoms with Gasteiger partial charge in [0, 0.05) is 6.07 Å². The maximum Gasteiger partial charge on any atom is 0.417 e. The maximum absolute atomic E-state index is 13.1. The van der Waals surface area contributed by atoms with Crippen molar-refractivity contribution in [2.75, 3.05) is 11.9 Å².